The van der Waals surface area contributed by atoms with Gasteiger partial charge in [-0.3, -0.25) is 4.79 Å². The third-order valence-corrected chi connectivity index (χ3v) is 4.17. The maximum Gasteiger partial charge on any atom is 0.320 e. The van der Waals surface area contributed by atoms with Gasteiger partial charge in [-0.2, -0.15) is 0 Å². The topological polar surface area (TPSA) is 52.6 Å². The lowest BCUT2D eigenvalue weighted by molar-refractivity contribution is -0.139. The zero-order chi connectivity index (χ0) is 12.3. The predicted octanol–water partition coefficient (Wildman–Crippen LogP) is 1.31. The highest BCUT2D eigenvalue weighted by molar-refractivity contribution is 5.73. The average molecular weight is 240 g/mol. The minimum atomic E-state index is -0.706. The van der Waals surface area contributed by atoms with Gasteiger partial charge >= 0.3 is 5.97 Å². The van der Waals surface area contributed by atoms with E-state index in [2.05, 4.69) is 17.1 Å². The molecule has 0 aromatic rings. The van der Waals surface area contributed by atoms with Gasteiger partial charge in [0.05, 0.1) is 0 Å². The summed E-state index contributed by atoms with van der Waals surface area (Å²) in [5, 5.41) is 12.2. The van der Waals surface area contributed by atoms with Crippen LogP contribution in [0, 0.1) is 5.92 Å². The van der Waals surface area contributed by atoms with E-state index in [1.54, 1.807) is 0 Å². The number of fused-ring (bicyclic) bond motifs is 2. The molecule has 3 atom stereocenters. The highest BCUT2D eigenvalue weighted by Crippen LogP contribution is 2.37. The molecule has 2 N–H and O–H groups in total. The van der Waals surface area contributed by atoms with Crippen molar-refractivity contribution in [2.24, 2.45) is 5.92 Å². The molecule has 1 saturated heterocycles. The molecule has 98 valence electrons. The van der Waals surface area contributed by atoms with Gasteiger partial charge in [0.2, 0.25) is 0 Å². The summed E-state index contributed by atoms with van der Waals surface area (Å²) in [6.07, 6.45) is 5.78. The first kappa shape index (κ1) is 12.8. The van der Waals surface area contributed by atoms with Crippen molar-refractivity contribution in [1.29, 1.82) is 0 Å². The van der Waals surface area contributed by atoms with Crippen molar-refractivity contribution in [3.05, 3.63) is 0 Å². The lowest BCUT2D eigenvalue weighted by Crippen LogP contribution is -2.41. The summed E-state index contributed by atoms with van der Waals surface area (Å²) in [5.41, 5.74) is 0. The van der Waals surface area contributed by atoms with Gasteiger partial charge in [-0.15, -0.1) is 0 Å². The Labute approximate surface area is 103 Å². The van der Waals surface area contributed by atoms with Crippen LogP contribution in [0.25, 0.3) is 0 Å². The lowest BCUT2D eigenvalue weighted by Gasteiger charge is -2.27. The number of carbonyl (C=O) groups is 1. The zero-order valence-electron chi connectivity index (χ0n) is 10.7. The number of hydrogen-bond donors (Lipinski definition) is 2. The molecule has 2 aliphatic rings. The highest BCUT2D eigenvalue weighted by atomic mass is 16.4. The van der Waals surface area contributed by atoms with Crippen LogP contribution in [0.4, 0.5) is 0 Å². The van der Waals surface area contributed by atoms with Crippen LogP contribution in [-0.4, -0.2) is 47.7 Å². The molecular formula is C13H24N2O2. The number of nitrogens with one attached hydrogen (secondary N) is 1. The molecular weight excluding hydrogens is 216 g/mol. The predicted molar refractivity (Wildman–Crippen MR) is 67.0 cm³/mol. The Morgan fingerprint density at radius 1 is 1.53 bits per heavy atom. The van der Waals surface area contributed by atoms with E-state index in [0.717, 1.165) is 37.9 Å². The second-order valence-corrected chi connectivity index (χ2v) is 5.46. The quantitative estimate of drug-likeness (QED) is 0.704. The summed E-state index contributed by atoms with van der Waals surface area (Å²) in [6.45, 7) is 4.99. The summed E-state index contributed by atoms with van der Waals surface area (Å²) < 4.78 is 0. The van der Waals surface area contributed by atoms with Gasteiger partial charge in [-0.25, -0.2) is 0 Å². The number of aliphatic carboxylic acids is 1. The summed E-state index contributed by atoms with van der Waals surface area (Å²) >= 11 is 0. The van der Waals surface area contributed by atoms with Gasteiger partial charge in [0.15, 0.2) is 0 Å². The molecule has 4 heteroatoms. The van der Waals surface area contributed by atoms with Gasteiger partial charge in [0.25, 0.3) is 0 Å². The lowest BCUT2D eigenvalue weighted by atomic mass is 10.1. The molecule has 0 aromatic carbocycles. The number of likely N-dealkylation sites (tertiary alicyclic amines) is 1. The van der Waals surface area contributed by atoms with Crippen LogP contribution in [0.1, 0.15) is 39.0 Å². The summed E-state index contributed by atoms with van der Waals surface area (Å²) in [6, 6.07) is 0.384. The largest absolute Gasteiger partial charge is 0.480 e. The standard InChI is InChI=1S/C13H24N2O2/c1-2-6-14-12(13(16)17)5-7-15-9-10-3-4-11(15)8-10/h10-12,14H,2-9H2,1H3,(H,16,17). The van der Waals surface area contributed by atoms with E-state index < -0.39 is 5.97 Å². The first-order valence-corrected chi connectivity index (χ1v) is 6.91. The van der Waals surface area contributed by atoms with Crippen molar-refractivity contribution in [3.8, 4) is 0 Å². The highest BCUT2D eigenvalue weighted by Gasteiger charge is 2.37. The van der Waals surface area contributed by atoms with Crippen LogP contribution >= 0.6 is 0 Å². The van der Waals surface area contributed by atoms with Crippen LogP contribution in [0.5, 0.6) is 0 Å². The Balaban J connectivity index is 1.73. The molecule has 2 rings (SSSR count). The SMILES string of the molecule is CCCNC(CCN1CC2CCC1C2)C(=O)O. The third-order valence-electron chi connectivity index (χ3n) is 4.17. The maximum absolute atomic E-state index is 11.1. The van der Waals surface area contributed by atoms with Crippen molar-refractivity contribution < 1.29 is 9.90 Å². The molecule has 17 heavy (non-hydrogen) atoms. The van der Waals surface area contributed by atoms with Crippen LogP contribution in [0.3, 0.4) is 0 Å². The summed E-state index contributed by atoms with van der Waals surface area (Å²) in [5.74, 6) is 0.190. The van der Waals surface area contributed by atoms with E-state index in [0.29, 0.717) is 0 Å². The Morgan fingerprint density at radius 3 is 2.88 bits per heavy atom. The van der Waals surface area contributed by atoms with Gasteiger partial charge in [0.1, 0.15) is 6.04 Å². The molecule has 0 amide bonds. The molecule has 0 spiro atoms. The molecule has 4 nitrogen and oxygen atoms in total. The fourth-order valence-electron chi connectivity index (χ4n) is 3.23. The Hall–Kier alpha value is -0.610. The smallest absolute Gasteiger partial charge is 0.320 e. The van der Waals surface area contributed by atoms with Crippen LogP contribution in [0.2, 0.25) is 0 Å². The van der Waals surface area contributed by atoms with Crippen LogP contribution in [-0.2, 0) is 4.79 Å². The van der Waals surface area contributed by atoms with E-state index in [-0.39, 0.29) is 6.04 Å². The van der Waals surface area contributed by atoms with Crippen molar-refractivity contribution >= 4 is 5.97 Å². The number of nitrogens with zero attached hydrogens (tertiary/aromatic N) is 1. The average Bonchev–Trinajstić information content (AvgIpc) is 2.90. The first-order valence-electron chi connectivity index (χ1n) is 6.91. The van der Waals surface area contributed by atoms with Crippen LogP contribution < -0.4 is 5.32 Å². The van der Waals surface area contributed by atoms with Gasteiger partial charge in [0, 0.05) is 19.1 Å². The number of hydrogen-bond acceptors (Lipinski definition) is 3. The molecule has 1 heterocycles. The third kappa shape index (κ3) is 3.19. The van der Waals surface area contributed by atoms with Crippen molar-refractivity contribution in [3.63, 3.8) is 0 Å². The number of carboxylic acid groups (broad SMARTS) is 1. The Kier molecular flexibility index (Phi) is 4.40. The minimum absolute atomic E-state index is 0.367. The van der Waals surface area contributed by atoms with Crippen LogP contribution in [0.15, 0.2) is 0 Å². The minimum Gasteiger partial charge on any atom is -0.480 e. The molecule has 1 saturated carbocycles. The van der Waals surface area contributed by atoms with Crippen molar-refractivity contribution in [2.45, 2.75) is 51.1 Å². The summed E-state index contributed by atoms with van der Waals surface area (Å²) in [7, 11) is 0. The first-order chi connectivity index (χ1) is 8.20. The monoisotopic (exact) mass is 240 g/mol. The number of rotatable bonds is 7. The Bertz CT molecular complexity index is 270. The number of piperidine rings is 1. The van der Waals surface area contributed by atoms with E-state index in [1.165, 1.54) is 25.8 Å². The fourth-order valence-corrected chi connectivity index (χ4v) is 3.23. The van der Waals surface area contributed by atoms with E-state index in [9.17, 15) is 4.79 Å². The van der Waals surface area contributed by atoms with Crippen molar-refractivity contribution in [1.82, 2.24) is 10.2 Å². The van der Waals surface area contributed by atoms with E-state index in [4.69, 9.17) is 5.11 Å². The second kappa shape index (κ2) is 5.83. The van der Waals surface area contributed by atoms with Gasteiger partial charge in [-0.05, 0) is 44.6 Å². The van der Waals surface area contributed by atoms with Gasteiger partial charge in [-0.1, -0.05) is 6.92 Å². The molecule has 3 unspecified atom stereocenters. The molecule has 2 fully saturated rings. The maximum atomic E-state index is 11.1. The normalized spacial score (nSPS) is 29.7. The Morgan fingerprint density at radius 2 is 2.35 bits per heavy atom. The molecule has 1 aliphatic heterocycles. The molecule has 2 bridgehead atoms. The van der Waals surface area contributed by atoms with E-state index in [1.807, 2.05) is 0 Å². The molecule has 0 radical (unpaired) electrons. The zero-order valence-corrected chi connectivity index (χ0v) is 10.7. The fraction of sp³-hybridized carbons (Fsp3) is 0.923. The second-order valence-electron chi connectivity index (χ2n) is 5.46. The van der Waals surface area contributed by atoms with Gasteiger partial charge < -0.3 is 15.3 Å². The molecule has 1 aliphatic carbocycles. The van der Waals surface area contributed by atoms with Crippen molar-refractivity contribution in [2.75, 3.05) is 19.6 Å². The summed E-state index contributed by atoms with van der Waals surface area (Å²) in [4.78, 5) is 13.6. The molecule has 0 aromatic heterocycles. The number of carboxylic acids is 1. The van der Waals surface area contributed by atoms with E-state index >= 15 is 0 Å².